The van der Waals surface area contributed by atoms with Gasteiger partial charge in [0.2, 0.25) is 11.8 Å². The van der Waals surface area contributed by atoms with Gasteiger partial charge in [-0.15, -0.1) is 0 Å². The molecule has 3 heterocycles. The number of nitrogens with zero attached hydrogens (tertiary/aromatic N) is 3. The van der Waals surface area contributed by atoms with E-state index in [0.29, 0.717) is 40.8 Å². The standard InChI is InChI=1S/C30H28ClN5O3/c1-17(2)29(3)28(39)36(26(35-29)21-7-4-5-9-23(21)31)16-24(37)33-20-11-10-18-14-30(15-19(18)13-20)22-8-6-12-32-25(22)34-27(30)38/h4-13,17H,14-16H2,1-3H3,(H,33,37)(H,32,34,38)/t29?,30-/m1/s1. The van der Waals surface area contributed by atoms with Crippen molar-refractivity contribution < 1.29 is 14.4 Å². The minimum atomic E-state index is -0.996. The molecule has 6 rings (SSSR count). The first-order valence-electron chi connectivity index (χ1n) is 13.0. The number of hydrogen-bond donors (Lipinski definition) is 2. The second kappa shape index (κ2) is 9.02. The van der Waals surface area contributed by atoms with Gasteiger partial charge >= 0.3 is 0 Å². The number of carbonyl (C=O) groups excluding carboxylic acids is 3. The van der Waals surface area contributed by atoms with Crippen LogP contribution in [0.15, 0.2) is 65.8 Å². The van der Waals surface area contributed by atoms with Crippen LogP contribution in [-0.2, 0) is 32.6 Å². The van der Waals surface area contributed by atoms with Crippen LogP contribution in [-0.4, -0.2) is 45.5 Å². The first-order chi connectivity index (χ1) is 18.6. The number of hydrogen-bond acceptors (Lipinski definition) is 5. The summed E-state index contributed by atoms with van der Waals surface area (Å²) in [4.78, 5) is 50.3. The number of pyridine rings is 1. The molecule has 198 valence electrons. The molecule has 9 heteroatoms. The van der Waals surface area contributed by atoms with Crippen molar-refractivity contribution in [2.75, 3.05) is 17.2 Å². The molecule has 0 saturated heterocycles. The summed E-state index contributed by atoms with van der Waals surface area (Å²) in [6.45, 7) is 5.46. The molecule has 0 saturated carbocycles. The molecule has 3 aliphatic rings. The maximum absolute atomic E-state index is 13.5. The Bertz CT molecular complexity index is 1580. The molecule has 39 heavy (non-hydrogen) atoms. The van der Waals surface area contributed by atoms with Gasteiger partial charge in [-0.3, -0.25) is 24.3 Å². The average Bonchev–Trinajstić information content (AvgIpc) is 3.51. The number of carbonyl (C=O) groups is 3. The molecule has 1 aromatic heterocycles. The maximum atomic E-state index is 13.5. The highest BCUT2D eigenvalue weighted by molar-refractivity contribution is 6.35. The van der Waals surface area contributed by atoms with Crippen LogP contribution < -0.4 is 10.6 Å². The number of aromatic nitrogens is 1. The van der Waals surface area contributed by atoms with E-state index in [4.69, 9.17) is 16.6 Å². The lowest BCUT2D eigenvalue weighted by molar-refractivity contribution is -0.134. The molecular formula is C30H28ClN5O3. The average molecular weight is 542 g/mol. The van der Waals surface area contributed by atoms with Gasteiger partial charge in [0.1, 0.15) is 23.7 Å². The van der Waals surface area contributed by atoms with Gasteiger partial charge in [0, 0.05) is 23.0 Å². The minimum absolute atomic E-state index is 0.0508. The predicted molar refractivity (Wildman–Crippen MR) is 150 cm³/mol. The molecule has 1 spiro atoms. The van der Waals surface area contributed by atoms with Gasteiger partial charge in [-0.05, 0) is 67.1 Å². The van der Waals surface area contributed by atoms with Gasteiger partial charge in [0.25, 0.3) is 5.91 Å². The van der Waals surface area contributed by atoms with E-state index in [9.17, 15) is 14.4 Å². The van der Waals surface area contributed by atoms with E-state index in [-0.39, 0.29) is 30.2 Å². The summed E-state index contributed by atoms with van der Waals surface area (Å²) in [6.07, 6.45) is 2.77. The van der Waals surface area contributed by atoms with Crippen LogP contribution in [0, 0.1) is 5.92 Å². The number of amidine groups is 1. The number of nitrogens with one attached hydrogen (secondary N) is 2. The van der Waals surface area contributed by atoms with Crippen molar-refractivity contribution in [3.8, 4) is 0 Å². The molecule has 2 N–H and O–H groups in total. The summed E-state index contributed by atoms with van der Waals surface area (Å²) in [7, 11) is 0. The van der Waals surface area contributed by atoms with Crippen molar-refractivity contribution in [2.45, 2.75) is 44.6 Å². The van der Waals surface area contributed by atoms with Crippen LogP contribution in [0.5, 0.6) is 0 Å². The van der Waals surface area contributed by atoms with Crippen molar-refractivity contribution >= 4 is 46.7 Å². The molecule has 2 aliphatic heterocycles. The van der Waals surface area contributed by atoms with E-state index in [2.05, 4.69) is 15.6 Å². The molecule has 3 aromatic rings. The molecule has 0 bridgehead atoms. The lowest BCUT2D eigenvalue weighted by Gasteiger charge is -2.25. The Morgan fingerprint density at radius 3 is 2.64 bits per heavy atom. The summed E-state index contributed by atoms with van der Waals surface area (Å²) in [5.41, 5.74) is 2.51. The fraction of sp³-hybridized carbons (Fsp3) is 0.300. The van der Waals surface area contributed by atoms with Gasteiger partial charge < -0.3 is 10.6 Å². The van der Waals surface area contributed by atoms with Crippen molar-refractivity contribution in [3.63, 3.8) is 0 Å². The van der Waals surface area contributed by atoms with Crippen LogP contribution in [0.2, 0.25) is 5.02 Å². The summed E-state index contributed by atoms with van der Waals surface area (Å²) < 4.78 is 0. The highest BCUT2D eigenvalue weighted by atomic mass is 35.5. The summed E-state index contributed by atoms with van der Waals surface area (Å²) in [5.74, 6) is 0.295. The Morgan fingerprint density at radius 2 is 1.87 bits per heavy atom. The Morgan fingerprint density at radius 1 is 1.10 bits per heavy atom. The number of amides is 3. The highest BCUT2D eigenvalue weighted by Crippen LogP contribution is 2.47. The second-order valence-corrected chi connectivity index (χ2v) is 11.3. The fourth-order valence-electron chi connectivity index (χ4n) is 5.76. The number of fused-ring (bicyclic) bond motifs is 3. The lowest BCUT2D eigenvalue weighted by atomic mass is 9.79. The zero-order chi connectivity index (χ0) is 27.5. The van der Waals surface area contributed by atoms with Gasteiger partial charge in [-0.2, -0.15) is 0 Å². The van der Waals surface area contributed by atoms with E-state index in [1.54, 1.807) is 25.3 Å². The lowest BCUT2D eigenvalue weighted by Crippen LogP contribution is -2.46. The normalized spacial score (nSPS) is 23.2. The van der Waals surface area contributed by atoms with Gasteiger partial charge in [-0.1, -0.05) is 49.7 Å². The number of anilines is 2. The van der Waals surface area contributed by atoms with Crippen LogP contribution >= 0.6 is 11.6 Å². The Labute approximate surface area is 231 Å². The molecule has 2 aromatic carbocycles. The van der Waals surface area contributed by atoms with Gasteiger partial charge in [0.05, 0.1) is 10.4 Å². The smallest absolute Gasteiger partial charge is 0.256 e. The summed E-state index contributed by atoms with van der Waals surface area (Å²) >= 11 is 6.45. The van der Waals surface area contributed by atoms with E-state index < -0.39 is 11.0 Å². The Balaban J connectivity index is 1.23. The van der Waals surface area contributed by atoms with Crippen molar-refractivity contribution in [1.82, 2.24) is 9.88 Å². The Kier molecular flexibility index (Phi) is 5.84. The third-order valence-electron chi connectivity index (χ3n) is 8.28. The third kappa shape index (κ3) is 3.93. The molecule has 0 radical (unpaired) electrons. The third-order valence-corrected chi connectivity index (χ3v) is 8.61. The predicted octanol–water partition coefficient (Wildman–Crippen LogP) is 4.37. The summed E-state index contributed by atoms with van der Waals surface area (Å²) in [5, 5.41) is 6.31. The quantitative estimate of drug-likeness (QED) is 0.500. The van der Waals surface area contributed by atoms with Gasteiger partial charge in [0.15, 0.2) is 0 Å². The van der Waals surface area contributed by atoms with Crippen molar-refractivity contribution in [2.24, 2.45) is 10.9 Å². The number of halogens is 1. The van der Waals surface area contributed by atoms with Crippen LogP contribution in [0.1, 0.15) is 43.0 Å². The van der Waals surface area contributed by atoms with Crippen LogP contribution in [0.25, 0.3) is 0 Å². The topological polar surface area (TPSA) is 104 Å². The largest absolute Gasteiger partial charge is 0.325 e. The molecular weight excluding hydrogens is 514 g/mol. The van der Waals surface area contributed by atoms with Crippen molar-refractivity contribution in [1.29, 1.82) is 0 Å². The molecule has 2 atom stereocenters. The molecule has 3 amide bonds. The molecule has 1 aliphatic carbocycles. The number of rotatable bonds is 5. The van der Waals surface area contributed by atoms with E-state index in [1.165, 1.54) is 4.90 Å². The van der Waals surface area contributed by atoms with Crippen molar-refractivity contribution in [3.05, 3.63) is 88.1 Å². The van der Waals surface area contributed by atoms with E-state index in [0.717, 1.165) is 16.7 Å². The maximum Gasteiger partial charge on any atom is 0.256 e. The van der Waals surface area contributed by atoms with E-state index in [1.807, 2.05) is 56.3 Å². The van der Waals surface area contributed by atoms with Crippen LogP contribution in [0.3, 0.4) is 0 Å². The Hall–Kier alpha value is -4.04. The monoisotopic (exact) mass is 541 g/mol. The first kappa shape index (κ1) is 25.2. The molecule has 8 nitrogen and oxygen atoms in total. The first-order valence-corrected chi connectivity index (χ1v) is 13.4. The molecule has 0 fully saturated rings. The fourth-order valence-corrected chi connectivity index (χ4v) is 5.98. The highest BCUT2D eigenvalue weighted by Gasteiger charge is 2.51. The SMILES string of the molecule is CC(C)C1(C)N=C(c2ccccc2Cl)N(CC(=O)Nc2ccc3c(c2)C[C@@]2(C3)C(=O)Nc3ncccc32)C1=O. The van der Waals surface area contributed by atoms with E-state index >= 15 is 0 Å². The minimum Gasteiger partial charge on any atom is -0.325 e. The second-order valence-electron chi connectivity index (χ2n) is 10.9. The number of benzene rings is 2. The molecule has 1 unspecified atom stereocenters. The zero-order valence-electron chi connectivity index (χ0n) is 21.9. The van der Waals surface area contributed by atoms with Gasteiger partial charge in [-0.25, -0.2) is 4.98 Å². The number of aliphatic imine (C=N–C) groups is 1. The summed E-state index contributed by atoms with van der Waals surface area (Å²) in [6, 6.07) is 16.7. The zero-order valence-corrected chi connectivity index (χ0v) is 22.7. The van der Waals surface area contributed by atoms with Crippen LogP contribution in [0.4, 0.5) is 11.5 Å².